The largest absolute Gasteiger partial charge is 0.468 e. The number of ether oxygens (including phenoxy) is 1. The summed E-state index contributed by atoms with van der Waals surface area (Å²) in [4.78, 5) is 11.7. The smallest absolute Gasteiger partial charge is 0.322 e. The van der Waals surface area contributed by atoms with Crippen molar-refractivity contribution in [2.24, 2.45) is 0 Å². The van der Waals surface area contributed by atoms with E-state index in [4.69, 9.17) is 4.74 Å². The van der Waals surface area contributed by atoms with Crippen molar-refractivity contribution in [2.45, 2.75) is 58.0 Å². The minimum absolute atomic E-state index is 0.148. The van der Waals surface area contributed by atoms with Crippen molar-refractivity contribution in [1.82, 2.24) is 5.32 Å². The molecule has 2 unspecified atom stereocenters. The highest BCUT2D eigenvalue weighted by molar-refractivity contribution is 5.75. The number of rotatable bonds is 9. The SMILES string of the molecule is CCCCC(NC(C)CCc1ccccc1)C(=O)OC. The maximum atomic E-state index is 11.7. The topological polar surface area (TPSA) is 38.3 Å². The fourth-order valence-corrected chi connectivity index (χ4v) is 2.27. The predicted octanol–water partition coefficient (Wildman–Crippen LogP) is 3.33. The molecule has 1 N–H and O–H groups in total. The van der Waals surface area contributed by atoms with Crippen LogP contribution in [-0.2, 0) is 16.0 Å². The van der Waals surface area contributed by atoms with Gasteiger partial charge >= 0.3 is 5.97 Å². The van der Waals surface area contributed by atoms with Crippen LogP contribution in [0.1, 0.15) is 45.1 Å². The summed E-state index contributed by atoms with van der Waals surface area (Å²) in [5, 5.41) is 3.40. The zero-order valence-electron chi connectivity index (χ0n) is 12.9. The quantitative estimate of drug-likeness (QED) is 0.704. The molecule has 1 aromatic rings. The van der Waals surface area contributed by atoms with E-state index in [9.17, 15) is 4.79 Å². The van der Waals surface area contributed by atoms with E-state index >= 15 is 0 Å². The van der Waals surface area contributed by atoms with Gasteiger partial charge in [-0.15, -0.1) is 0 Å². The van der Waals surface area contributed by atoms with Gasteiger partial charge in [-0.3, -0.25) is 4.79 Å². The van der Waals surface area contributed by atoms with Crippen molar-refractivity contribution in [1.29, 1.82) is 0 Å². The number of unbranched alkanes of at least 4 members (excludes halogenated alkanes) is 1. The number of methoxy groups -OCH3 is 1. The maximum Gasteiger partial charge on any atom is 0.322 e. The Bertz CT molecular complexity index is 378. The standard InChI is InChI=1S/C17H27NO2/c1-4-5-11-16(17(19)20-3)18-14(2)12-13-15-9-7-6-8-10-15/h6-10,14,16,18H,4-5,11-13H2,1-3H3. The molecule has 0 spiro atoms. The van der Waals surface area contributed by atoms with Gasteiger partial charge in [-0.05, 0) is 31.7 Å². The molecule has 0 saturated heterocycles. The van der Waals surface area contributed by atoms with E-state index in [0.717, 1.165) is 32.1 Å². The van der Waals surface area contributed by atoms with Crippen LogP contribution in [0.15, 0.2) is 30.3 Å². The number of esters is 1. The number of nitrogens with one attached hydrogen (secondary N) is 1. The number of benzene rings is 1. The first-order valence-corrected chi connectivity index (χ1v) is 7.55. The van der Waals surface area contributed by atoms with Gasteiger partial charge in [0.05, 0.1) is 7.11 Å². The summed E-state index contributed by atoms with van der Waals surface area (Å²) in [7, 11) is 1.46. The van der Waals surface area contributed by atoms with Crippen LogP contribution in [0.4, 0.5) is 0 Å². The Morgan fingerprint density at radius 1 is 1.25 bits per heavy atom. The van der Waals surface area contributed by atoms with Crippen LogP contribution in [0.5, 0.6) is 0 Å². The lowest BCUT2D eigenvalue weighted by Gasteiger charge is -2.21. The van der Waals surface area contributed by atoms with Gasteiger partial charge in [0.15, 0.2) is 0 Å². The van der Waals surface area contributed by atoms with Gasteiger partial charge in [0.1, 0.15) is 6.04 Å². The summed E-state index contributed by atoms with van der Waals surface area (Å²) in [6, 6.07) is 10.6. The molecular weight excluding hydrogens is 250 g/mol. The van der Waals surface area contributed by atoms with E-state index < -0.39 is 0 Å². The second-order valence-corrected chi connectivity index (χ2v) is 5.31. The second-order valence-electron chi connectivity index (χ2n) is 5.31. The van der Waals surface area contributed by atoms with Gasteiger partial charge in [0.25, 0.3) is 0 Å². The maximum absolute atomic E-state index is 11.7. The number of carbonyl (C=O) groups excluding carboxylic acids is 1. The Balaban J connectivity index is 2.40. The van der Waals surface area contributed by atoms with Gasteiger partial charge in [-0.2, -0.15) is 0 Å². The minimum atomic E-state index is -0.175. The van der Waals surface area contributed by atoms with Gasteiger partial charge in [0, 0.05) is 6.04 Å². The molecule has 0 aliphatic carbocycles. The third kappa shape index (κ3) is 6.20. The molecule has 3 nitrogen and oxygen atoms in total. The monoisotopic (exact) mass is 277 g/mol. The average molecular weight is 277 g/mol. The summed E-state index contributed by atoms with van der Waals surface area (Å²) in [5.41, 5.74) is 1.34. The molecule has 3 heteroatoms. The van der Waals surface area contributed by atoms with Crippen LogP contribution >= 0.6 is 0 Å². The molecule has 0 radical (unpaired) electrons. The van der Waals surface area contributed by atoms with Crippen molar-refractivity contribution in [3.05, 3.63) is 35.9 Å². The summed E-state index contributed by atoms with van der Waals surface area (Å²) in [6.07, 6.45) is 5.02. The molecule has 0 fully saturated rings. The molecular formula is C17H27NO2. The zero-order chi connectivity index (χ0) is 14.8. The lowest BCUT2D eigenvalue weighted by Crippen LogP contribution is -2.42. The van der Waals surface area contributed by atoms with Gasteiger partial charge < -0.3 is 10.1 Å². The third-order valence-electron chi connectivity index (χ3n) is 3.53. The van der Waals surface area contributed by atoms with E-state index in [1.165, 1.54) is 12.7 Å². The van der Waals surface area contributed by atoms with Gasteiger partial charge in [-0.1, -0.05) is 50.1 Å². The van der Waals surface area contributed by atoms with Crippen LogP contribution in [0, 0.1) is 0 Å². The molecule has 0 bridgehead atoms. The summed E-state index contributed by atoms with van der Waals surface area (Å²) >= 11 is 0. The van der Waals surface area contributed by atoms with E-state index in [-0.39, 0.29) is 12.0 Å². The molecule has 0 saturated carbocycles. The Morgan fingerprint density at radius 2 is 1.95 bits per heavy atom. The number of hydrogen-bond acceptors (Lipinski definition) is 3. The van der Waals surface area contributed by atoms with Crippen LogP contribution in [0.25, 0.3) is 0 Å². The Hall–Kier alpha value is -1.35. The number of aryl methyl sites for hydroxylation is 1. The molecule has 112 valence electrons. The first-order valence-electron chi connectivity index (χ1n) is 7.55. The summed E-state index contributed by atoms with van der Waals surface area (Å²) in [5.74, 6) is -0.148. The zero-order valence-corrected chi connectivity index (χ0v) is 12.9. The second kappa shape index (κ2) is 9.54. The highest BCUT2D eigenvalue weighted by atomic mass is 16.5. The fraction of sp³-hybridized carbons (Fsp3) is 0.588. The van der Waals surface area contributed by atoms with Crippen molar-refractivity contribution in [2.75, 3.05) is 7.11 Å². The molecule has 0 aliphatic rings. The van der Waals surface area contributed by atoms with Crippen molar-refractivity contribution in [3.8, 4) is 0 Å². The predicted molar refractivity (Wildman–Crippen MR) is 82.7 cm³/mol. The molecule has 20 heavy (non-hydrogen) atoms. The summed E-state index contributed by atoms with van der Waals surface area (Å²) < 4.78 is 4.87. The van der Waals surface area contributed by atoms with Crippen molar-refractivity contribution in [3.63, 3.8) is 0 Å². The Morgan fingerprint density at radius 3 is 2.55 bits per heavy atom. The summed E-state index contributed by atoms with van der Waals surface area (Å²) in [6.45, 7) is 4.26. The minimum Gasteiger partial charge on any atom is -0.468 e. The molecule has 0 amide bonds. The Kier molecular flexibility index (Phi) is 7.97. The first kappa shape index (κ1) is 16.7. The third-order valence-corrected chi connectivity index (χ3v) is 3.53. The van der Waals surface area contributed by atoms with Crippen LogP contribution in [0.2, 0.25) is 0 Å². The van der Waals surface area contributed by atoms with Crippen molar-refractivity contribution >= 4 is 5.97 Å². The fourth-order valence-electron chi connectivity index (χ4n) is 2.27. The van der Waals surface area contributed by atoms with E-state index in [1.807, 2.05) is 6.07 Å². The normalized spacial score (nSPS) is 13.8. The molecule has 1 aromatic carbocycles. The van der Waals surface area contributed by atoms with Crippen LogP contribution < -0.4 is 5.32 Å². The number of hydrogen-bond donors (Lipinski definition) is 1. The van der Waals surface area contributed by atoms with Gasteiger partial charge in [0.2, 0.25) is 0 Å². The van der Waals surface area contributed by atoms with E-state index in [1.54, 1.807) is 0 Å². The lowest BCUT2D eigenvalue weighted by molar-refractivity contribution is -0.143. The average Bonchev–Trinajstić information content (AvgIpc) is 2.49. The first-order chi connectivity index (χ1) is 9.67. The van der Waals surface area contributed by atoms with Crippen LogP contribution in [0.3, 0.4) is 0 Å². The highest BCUT2D eigenvalue weighted by Gasteiger charge is 2.20. The molecule has 0 heterocycles. The van der Waals surface area contributed by atoms with Gasteiger partial charge in [-0.25, -0.2) is 0 Å². The molecule has 0 aromatic heterocycles. The highest BCUT2D eigenvalue weighted by Crippen LogP contribution is 2.08. The van der Waals surface area contributed by atoms with E-state index in [2.05, 4.69) is 43.4 Å². The molecule has 0 aliphatic heterocycles. The lowest BCUT2D eigenvalue weighted by atomic mass is 10.0. The molecule has 1 rings (SSSR count). The number of carbonyl (C=O) groups is 1. The Labute approximate surface area is 122 Å². The van der Waals surface area contributed by atoms with Crippen LogP contribution in [-0.4, -0.2) is 25.2 Å². The van der Waals surface area contributed by atoms with Crippen molar-refractivity contribution < 1.29 is 9.53 Å². The van der Waals surface area contributed by atoms with E-state index in [0.29, 0.717) is 6.04 Å². The molecule has 2 atom stereocenters.